The van der Waals surface area contributed by atoms with Crippen molar-refractivity contribution in [1.29, 1.82) is 0 Å². The van der Waals surface area contributed by atoms with Gasteiger partial charge in [-0.15, -0.1) is 0 Å². The molecule has 2 aromatic rings. The van der Waals surface area contributed by atoms with E-state index < -0.39 is 0 Å². The van der Waals surface area contributed by atoms with Crippen molar-refractivity contribution < 1.29 is 0 Å². The van der Waals surface area contributed by atoms with Gasteiger partial charge in [0.1, 0.15) is 5.82 Å². The lowest BCUT2D eigenvalue weighted by atomic mass is 10.2. The van der Waals surface area contributed by atoms with Crippen molar-refractivity contribution in [1.82, 2.24) is 15.0 Å². The standard InChI is InChI=1S/C15H21N5/c1-2-3-4-9-17-14-7-10-18-15(20-14)19-12-13-6-5-8-16-11-13/h5-8,10-11H,2-4,9,12H2,1H3,(H2,17,18,19,20). The van der Waals surface area contributed by atoms with Crippen LogP contribution in [-0.4, -0.2) is 21.5 Å². The van der Waals surface area contributed by atoms with Gasteiger partial charge in [0.05, 0.1) is 0 Å². The van der Waals surface area contributed by atoms with Gasteiger partial charge < -0.3 is 10.6 Å². The smallest absolute Gasteiger partial charge is 0.224 e. The minimum absolute atomic E-state index is 0.634. The topological polar surface area (TPSA) is 62.7 Å². The molecule has 2 aromatic heterocycles. The van der Waals surface area contributed by atoms with Gasteiger partial charge in [-0.05, 0) is 24.1 Å². The fourth-order valence-corrected chi connectivity index (χ4v) is 1.82. The molecule has 0 aliphatic carbocycles. The summed E-state index contributed by atoms with van der Waals surface area (Å²) < 4.78 is 0. The SMILES string of the molecule is CCCCCNc1ccnc(NCc2cccnc2)n1. The van der Waals surface area contributed by atoms with E-state index >= 15 is 0 Å². The van der Waals surface area contributed by atoms with Crippen LogP contribution in [0.15, 0.2) is 36.8 Å². The summed E-state index contributed by atoms with van der Waals surface area (Å²) >= 11 is 0. The highest BCUT2D eigenvalue weighted by atomic mass is 15.1. The molecule has 0 aliphatic heterocycles. The minimum Gasteiger partial charge on any atom is -0.370 e. The van der Waals surface area contributed by atoms with Crippen LogP contribution in [0.4, 0.5) is 11.8 Å². The van der Waals surface area contributed by atoms with Gasteiger partial charge in [-0.25, -0.2) is 4.98 Å². The highest BCUT2D eigenvalue weighted by Gasteiger charge is 1.99. The van der Waals surface area contributed by atoms with Gasteiger partial charge in [0.2, 0.25) is 5.95 Å². The number of hydrogen-bond acceptors (Lipinski definition) is 5. The molecule has 2 heterocycles. The zero-order valence-electron chi connectivity index (χ0n) is 11.8. The highest BCUT2D eigenvalue weighted by Crippen LogP contribution is 2.07. The molecule has 5 nitrogen and oxygen atoms in total. The summed E-state index contributed by atoms with van der Waals surface area (Å²) in [5.74, 6) is 1.50. The quantitative estimate of drug-likeness (QED) is 0.722. The molecule has 106 valence electrons. The lowest BCUT2D eigenvalue weighted by molar-refractivity contribution is 0.742. The summed E-state index contributed by atoms with van der Waals surface area (Å²) in [6.07, 6.45) is 8.99. The van der Waals surface area contributed by atoms with Crippen molar-refractivity contribution in [2.75, 3.05) is 17.2 Å². The molecule has 5 heteroatoms. The van der Waals surface area contributed by atoms with Crippen LogP contribution in [0, 0.1) is 0 Å². The Morgan fingerprint density at radius 3 is 2.85 bits per heavy atom. The molecule has 0 spiro atoms. The highest BCUT2D eigenvalue weighted by molar-refractivity contribution is 5.39. The normalized spacial score (nSPS) is 10.2. The first-order chi connectivity index (χ1) is 9.88. The number of nitrogens with one attached hydrogen (secondary N) is 2. The Hall–Kier alpha value is -2.17. The molecular weight excluding hydrogens is 250 g/mol. The average molecular weight is 271 g/mol. The van der Waals surface area contributed by atoms with Crippen molar-refractivity contribution in [2.24, 2.45) is 0 Å². The molecule has 0 aliphatic rings. The molecule has 0 aromatic carbocycles. The first-order valence-electron chi connectivity index (χ1n) is 7.08. The van der Waals surface area contributed by atoms with Gasteiger partial charge in [-0.3, -0.25) is 4.98 Å². The molecule has 0 radical (unpaired) electrons. The molecule has 2 rings (SSSR count). The third-order valence-electron chi connectivity index (χ3n) is 2.92. The van der Waals surface area contributed by atoms with E-state index in [0.717, 1.165) is 17.9 Å². The second-order valence-electron chi connectivity index (χ2n) is 4.61. The van der Waals surface area contributed by atoms with E-state index in [0.29, 0.717) is 12.5 Å². The lowest BCUT2D eigenvalue weighted by Crippen LogP contribution is -2.07. The van der Waals surface area contributed by atoms with E-state index in [-0.39, 0.29) is 0 Å². The van der Waals surface area contributed by atoms with Gasteiger partial charge >= 0.3 is 0 Å². The van der Waals surface area contributed by atoms with Crippen LogP contribution in [-0.2, 0) is 6.54 Å². The van der Waals surface area contributed by atoms with E-state index in [9.17, 15) is 0 Å². The van der Waals surface area contributed by atoms with Gasteiger partial charge in [0.25, 0.3) is 0 Å². The Morgan fingerprint density at radius 2 is 2.05 bits per heavy atom. The maximum atomic E-state index is 4.43. The second kappa shape index (κ2) is 8.09. The summed E-state index contributed by atoms with van der Waals surface area (Å²) in [6.45, 7) is 3.82. The number of anilines is 2. The summed E-state index contributed by atoms with van der Waals surface area (Å²) in [5, 5.41) is 6.52. The zero-order valence-corrected chi connectivity index (χ0v) is 11.8. The van der Waals surface area contributed by atoms with Crippen LogP contribution in [0.25, 0.3) is 0 Å². The van der Waals surface area contributed by atoms with E-state index in [1.807, 2.05) is 24.4 Å². The van der Waals surface area contributed by atoms with Crippen LogP contribution < -0.4 is 10.6 Å². The van der Waals surface area contributed by atoms with E-state index in [1.54, 1.807) is 12.4 Å². The number of nitrogens with zero attached hydrogens (tertiary/aromatic N) is 3. The van der Waals surface area contributed by atoms with Gasteiger partial charge in [-0.1, -0.05) is 25.8 Å². The lowest BCUT2D eigenvalue weighted by Gasteiger charge is -2.08. The number of hydrogen-bond donors (Lipinski definition) is 2. The fourth-order valence-electron chi connectivity index (χ4n) is 1.82. The van der Waals surface area contributed by atoms with Gasteiger partial charge in [-0.2, -0.15) is 4.98 Å². The molecule has 0 amide bonds. The fraction of sp³-hybridized carbons (Fsp3) is 0.400. The van der Waals surface area contributed by atoms with Crippen molar-refractivity contribution >= 4 is 11.8 Å². The van der Waals surface area contributed by atoms with Gasteiger partial charge in [0, 0.05) is 31.7 Å². The third kappa shape index (κ3) is 4.84. The zero-order chi connectivity index (χ0) is 14.0. The number of unbranched alkanes of at least 4 members (excludes halogenated alkanes) is 2. The molecule has 0 bridgehead atoms. The van der Waals surface area contributed by atoms with Crippen molar-refractivity contribution in [3.05, 3.63) is 42.4 Å². The van der Waals surface area contributed by atoms with Crippen molar-refractivity contribution in [3.63, 3.8) is 0 Å². The average Bonchev–Trinajstić information content (AvgIpc) is 2.51. The molecule has 0 saturated heterocycles. The molecule has 0 fully saturated rings. The monoisotopic (exact) mass is 271 g/mol. The van der Waals surface area contributed by atoms with Crippen LogP contribution >= 0.6 is 0 Å². The minimum atomic E-state index is 0.634. The van der Waals surface area contributed by atoms with E-state index in [2.05, 4.69) is 32.5 Å². The molecule has 0 atom stereocenters. The van der Waals surface area contributed by atoms with Gasteiger partial charge in [0.15, 0.2) is 0 Å². The van der Waals surface area contributed by atoms with Crippen LogP contribution in [0.5, 0.6) is 0 Å². The summed E-state index contributed by atoms with van der Waals surface area (Å²) in [6, 6.07) is 5.83. The Balaban J connectivity index is 1.83. The van der Waals surface area contributed by atoms with Crippen LogP contribution in [0.2, 0.25) is 0 Å². The Bertz CT molecular complexity index is 501. The maximum absolute atomic E-state index is 4.43. The van der Waals surface area contributed by atoms with Crippen molar-refractivity contribution in [2.45, 2.75) is 32.7 Å². The van der Waals surface area contributed by atoms with E-state index in [1.165, 1.54) is 19.3 Å². The third-order valence-corrected chi connectivity index (χ3v) is 2.92. The Morgan fingerprint density at radius 1 is 1.10 bits per heavy atom. The first kappa shape index (κ1) is 14.2. The Labute approximate surface area is 119 Å². The number of rotatable bonds is 8. The Kier molecular flexibility index (Phi) is 5.76. The molecule has 2 N–H and O–H groups in total. The summed E-state index contributed by atoms with van der Waals surface area (Å²) in [5.41, 5.74) is 1.11. The predicted octanol–water partition coefficient (Wildman–Crippen LogP) is 3.09. The van der Waals surface area contributed by atoms with E-state index in [4.69, 9.17) is 0 Å². The van der Waals surface area contributed by atoms with Crippen LogP contribution in [0.3, 0.4) is 0 Å². The predicted molar refractivity (Wildman–Crippen MR) is 81.6 cm³/mol. The number of aromatic nitrogens is 3. The largest absolute Gasteiger partial charge is 0.370 e. The first-order valence-corrected chi connectivity index (χ1v) is 7.08. The molecule has 0 saturated carbocycles. The summed E-state index contributed by atoms with van der Waals surface area (Å²) in [4.78, 5) is 12.7. The molecule has 0 unspecified atom stereocenters. The molecular formula is C15H21N5. The van der Waals surface area contributed by atoms with Crippen molar-refractivity contribution in [3.8, 4) is 0 Å². The van der Waals surface area contributed by atoms with Crippen LogP contribution in [0.1, 0.15) is 31.7 Å². The summed E-state index contributed by atoms with van der Waals surface area (Å²) in [7, 11) is 0. The molecule has 20 heavy (non-hydrogen) atoms. The number of pyridine rings is 1. The maximum Gasteiger partial charge on any atom is 0.224 e. The second-order valence-corrected chi connectivity index (χ2v) is 4.61.